The van der Waals surface area contributed by atoms with Gasteiger partial charge >= 0.3 is 0 Å². The summed E-state index contributed by atoms with van der Waals surface area (Å²) in [7, 11) is -4.09. The van der Waals surface area contributed by atoms with E-state index < -0.39 is 25.5 Å². The molecule has 0 bridgehead atoms. The molecule has 0 spiro atoms. The van der Waals surface area contributed by atoms with Crippen molar-refractivity contribution in [2.45, 2.75) is 11.8 Å². The Morgan fingerprint density at radius 3 is 2.62 bits per heavy atom. The molecular formula is C12H10ClN3O4S. The number of halogens is 1. The molecule has 0 saturated heterocycles. The van der Waals surface area contributed by atoms with Crippen molar-refractivity contribution in [2.75, 3.05) is 4.72 Å². The van der Waals surface area contributed by atoms with Crippen molar-refractivity contribution in [1.82, 2.24) is 4.98 Å². The van der Waals surface area contributed by atoms with Gasteiger partial charge in [0.1, 0.15) is 5.15 Å². The molecule has 0 aliphatic carbocycles. The molecule has 0 saturated carbocycles. The van der Waals surface area contributed by atoms with E-state index in [0.717, 1.165) is 12.1 Å². The Balaban J connectivity index is 2.43. The summed E-state index contributed by atoms with van der Waals surface area (Å²) < 4.78 is 26.7. The summed E-state index contributed by atoms with van der Waals surface area (Å²) in [6, 6.07) is 6.58. The number of hydrogen-bond donors (Lipinski definition) is 1. The summed E-state index contributed by atoms with van der Waals surface area (Å²) in [5.41, 5.74) is 0.262. The van der Waals surface area contributed by atoms with Gasteiger partial charge in [-0.05, 0) is 24.6 Å². The minimum atomic E-state index is -4.09. The van der Waals surface area contributed by atoms with Crippen LogP contribution < -0.4 is 4.72 Å². The Morgan fingerprint density at radius 1 is 1.33 bits per heavy atom. The number of nitro groups is 1. The standard InChI is InChI=1S/C12H10ClN3O4S/c1-8-6-9(7-14-12(8)13)15-21(19,20)11-5-3-2-4-10(11)16(17)18/h2-7,15H,1H3. The number of nitrogens with one attached hydrogen (secondary N) is 1. The van der Waals surface area contributed by atoms with Crippen LogP contribution in [0.25, 0.3) is 0 Å². The lowest BCUT2D eigenvalue weighted by atomic mass is 10.3. The molecule has 0 radical (unpaired) electrons. The van der Waals surface area contributed by atoms with Crippen LogP contribution in [0.15, 0.2) is 41.4 Å². The maximum atomic E-state index is 12.2. The Kier molecular flexibility index (Phi) is 4.10. The number of hydrogen-bond acceptors (Lipinski definition) is 5. The van der Waals surface area contributed by atoms with Crippen LogP contribution in [0, 0.1) is 17.0 Å². The summed E-state index contributed by atoms with van der Waals surface area (Å²) in [6.45, 7) is 1.66. The lowest BCUT2D eigenvalue weighted by molar-refractivity contribution is -0.387. The number of sulfonamides is 1. The van der Waals surface area contributed by atoms with Crippen LogP contribution >= 0.6 is 11.6 Å². The number of anilines is 1. The summed E-state index contributed by atoms with van der Waals surface area (Å²) in [5, 5.41) is 11.2. The molecule has 7 nitrogen and oxygen atoms in total. The molecule has 1 aromatic heterocycles. The van der Waals surface area contributed by atoms with Crippen LogP contribution in [-0.4, -0.2) is 18.3 Å². The number of nitrogens with zero attached hydrogens (tertiary/aromatic N) is 2. The molecule has 110 valence electrons. The first-order valence-electron chi connectivity index (χ1n) is 5.69. The molecule has 0 unspecified atom stereocenters. The minimum absolute atomic E-state index is 0.176. The van der Waals surface area contributed by atoms with Crippen LogP contribution in [0.5, 0.6) is 0 Å². The Hall–Kier alpha value is -2.19. The third-order valence-corrected chi connectivity index (χ3v) is 4.44. The molecule has 1 N–H and O–H groups in total. The lowest BCUT2D eigenvalue weighted by Gasteiger charge is -2.09. The minimum Gasteiger partial charge on any atom is -0.278 e. The van der Waals surface area contributed by atoms with Gasteiger partial charge in [0.15, 0.2) is 4.90 Å². The summed E-state index contributed by atoms with van der Waals surface area (Å²) in [4.78, 5) is 13.6. The van der Waals surface area contributed by atoms with E-state index in [-0.39, 0.29) is 10.8 Å². The molecule has 9 heteroatoms. The second-order valence-corrected chi connectivity index (χ2v) is 6.17. The van der Waals surface area contributed by atoms with Crippen LogP contribution in [0.2, 0.25) is 5.15 Å². The number of aryl methyl sites for hydroxylation is 1. The van der Waals surface area contributed by atoms with E-state index in [1.54, 1.807) is 6.92 Å². The number of pyridine rings is 1. The second kappa shape index (κ2) is 5.66. The van der Waals surface area contributed by atoms with Gasteiger partial charge in [0.25, 0.3) is 15.7 Å². The largest absolute Gasteiger partial charge is 0.289 e. The zero-order chi connectivity index (χ0) is 15.6. The van der Waals surface area contributed by atoms with Gasteiger partial charge in [0, 0.05) is 6.07 Å². The molecule has 0 amide bonds. The summed E-state index contributed by atoms with van der Waals surface area (Å²) in [6.07, 6.45) is 1.24. The van der Waals surface area contributed by atoms with Crippen molar-refractivity contribution in [1.29, 1.82) is 0 Å². The molecule has 0 atom stereocenters. The van der Waals surface area contributed by atoms with Gasteiger partial charge in [-0.15, -0.1) is 0 Å². The first kappa shape index (κ1) is 15.2. The highest BCUT2D eigenvalue weighted by Crippen LogP contribution is 2.26. The number of rotatable bonds is 4. The average molecular weight is 328 g/mol. The highest BCUT2D eigenvalue weighted by atomic mass is 35.5. The molecule has 21 heavy (non-hydrogen) atoms. The van der Waals surface area contributed by atoms with Crippen molar-refractivity contribution >= 4 is 33.0 Å². The molecule has 2 aromatic rings. The van der Waals surface area contributed by atoms with E-state index in [4.69, 9.17) is 11.6 Å². The van der Waals surface area contributed by atoms with Crippen molar-refractivity contribution in [3.8, 4) is 0 Å². The molecule has 1 aromatic carbocycles. The smallest absolute Gasteiger partial charge is 0.278 e. The fraction of sp³-hybridized carbons (Fsp3) is 0.0833. The van der Waals surface area contributed by atoms with Gasteiger partial charge < -0.3 is 0 Å². The quantitative estimate of drug-likeness (QED) is 0.528. The van der Waals surface area contributed by atoms with Gasteiger partial charge in [-0.2, -0.15) is 0 Å². The van der Waals surface area contributed by atoms with E-state index >= 15 is 0 Å². The number of benzene rings is 1. The van der Waals surface area contributed by atoms with Crippen molar-refractivity contribution in [3.05, 3.63) is 57.4 Å². The van der Waals surface area contributed by atoms with Gasteiger partial charge in [0.2, 0.25) is 0 Å². The Labute approximate surface area is 125 Å². The predicted molar refractivity (Wildman–Crippen MR) is 77.9 cm³/mol. The van der Waals surface area contributed by atoms with Gasteiger partial charge in [-0.25, -0.2) is 13.4 Å². The molecule has 0 aliphatic rings. The van der Waals surface area contributed by atoms with Crippen LogP contribution in [-0.2, 0) is 10.0 Å². The molecule has 0 fully saturated rings. The predicted octanol–water partition coefficient (Wildman–Crippen LogP) is 2.75. The fourth-order valence-corrected chi connectivity index (χ4v) is 2.97. The Bertz CT molecular complexity index is 808. The average Bonchev–Trinajstić information content (AvgIpc) is 2.42. The normalized spacial score (nSPS) is 11.1. The molecule has 1 heterocycles. The maximum Gasteiger partial charge on any atom is 0.289 e. The Morgan fingerprint density at radius 2 is 2.00 bits per heavy atom. The van der Waals surface area contributed by atoms with Crippen LogP contribution in [0.1, 0.15) is 5.56 Å². The monoisotopic (exact) mass is 327 g/mol. The topological polar surface area (TPSA) is 102 Å². The van der Waals surface area contributed by atoms with Crippen molar-refractivity contribution < 1.29 is 13.3 Å². The number of nitro benzene ring substituents is 1. The third kappa shape index (κ3) is 3.29. The molecular weight excluding hydrogens is 318 g/mol. The summed E-state index contributed by atoms with van der Waals surface area (Å²) in [5.74, 6) is 0. The van der Waals surface area contributed by atoms with E-state index in [2.05, 4.69) is 9.71 Å². The maximum absolute atomic E-state index is 12.2. The van der Waals surface area contributed by atoms with Crippen LogP contribution in [0.4, 0.5) is 11.4 Å². The number of para-hydroxylation sites is 1. The van der Waals surface area contributed by atoms with Crippen molar-refractivity contribution in [2.24, 2.45) is 0 Å². The van der Waals surface area contributed by atoms with Crippen LogP contribution in [0.3, 0.4) is 0 Å². The number of aromatic nitrogens is 1. The first-order valence-corrected chi connectivity index (χ1v) is 7.56. The van der Waals surface area contributed by atoms with Crippen molar-refractivity contribution in [3.63, 3.8) is 0 Å². The van der Waals surface area contributed by atoms with E-state index in [0.29, 0.717) is 5.56 Å². The van der Waals surface area contributed by atoms with E-state index in [1.807, 2.05) is 0 Å². The van der Waals surface area contributed by atoms with Gasteiger partial charge in [-0.3, -0.25) is 14.8 Å². The van der Waals surface area contributed by atoms with Gasteiger partial charge in [-0.1, -0.05) is 23.7 Å². The zero-order valence-corrected chi connectivity index (χ0v) is 12.4. The van der Waals surface area contributed by atoms with E-state index in [9.17, 15) is 18.5 Å². The second-order valence-electron chi connectivity index (χ2n) is 4.16. The van der Waals surface area contributed by atoms with Gasteiger partial charge in [0.05, 0.1) is 16.8 Å². The summed E-state index contributed by atoms with van der Waals surface area (Å²) >= 11 is 5.76. The highest BCUT2D eigenvalue weighted by molar-refractivity contribution is 7.92. The van der Waals surface area contributed by atoms with E-state index in [1.165, 1.54) is 24.4 Å². The lowest BCUT2D eigenvalue weighted by Crippen LogP contribution is -2.15. The zero-order valence-electron chi connectivity index (χ0n) is 10.8. The molecule has 0 aliphatic heterocycles. The highest BCUT2D eigenvalue weighted by Gasteiger charge is 2.25. The SMILES string of the molecule is Cc1cc(NS(=O)(=O)c2ccccc2[N+](=O)[O-])cnc1Cl. The third-order valence-electron chi connectivity index (χ3n) is 2.62. The fourth-order valence-electron chi connectivity index (χ4n) is 1.66. The first-order chi connectivity index (χ1) is 9.81. The molecule has 2 rings (SSSR count).